The number of amides is 1. The first kappa shape index (κ1) is 54.8. The van der Waals surface area contributed by atoms with Crippen molar-refractivity contribution in [1.82, 2.24) is 19.4 Å². The van der Waals surface area contributed by atoms with Crippen LogP contribution in [0.15, 0.2) is 117 Å². The van der Waals surface area contributed by atoms with Gasteiger partial charge in [-0.3, -0.25) is 14.3 Å². The molecule has 0 aromatic heterocycles. The van der Waals surface area contributed by atoms with E-state index in [4.69, 9.17) is 11.6 Å². The third-order valence-electron chi connectivity index (χ3n) is 13.2. The zero-order chi connectivity index (χ0) is 51.2. The van der Waals surface area contributed by atoms with E-state index < -0.39 is 60.4 Å². The SMILES string of the molecule is CC1(C)CCC(c2ccc(Cl)cc2)=C(CN2CCN(c3ccc(C(=O)NS(=O)(=O)c4ccc(N[C@H](CCN5CCN(CCP(=O)(O)O)CC5)CSc5ccccc5)c(S(=O)(=O)C(F)(F)F)c4)cc3)CC2)C1. The van der Waals surface area contributed by atoms with Crippen molar-refractivity contribution in [1.29, 1.82) is 0 Å². The molecule has 22 heteroatoms. The Morgan fingerprint density at radius 2 is 1.45 bits per heavy atom. The fourth-order valence-electron chi connectivity index (χ4n) is 9.17. The molecule has 71 heavy (non-hydrogen) atoms. The molecular formula is C49H61ClF3N6O8PS3. The van der Waals surface area contributed by atoms with Crippen LogP contribution in [0.4, 0.5) is 24.5 Å². The van der Waals surface area contributed by atoms with Crippen molar-refractivity contribution in [3.8, 4) is 0 Å². The number of carbonyl (C=O) groups excluding carboxylic acids is 1. The highest BCUT2D eigenvalue weighted by Gasteiger charge is 2.48. The number of nitrogens with one attached hydrogen (secondary N) is 2. The molecule has 14 nitrogen and oxygen atoms in total. The Morgan fingerprint density at radius 1 is 0.831 bits per heavy atom. The molecule has 1 aliphatic carbocycles. The van der Waals surface area contributed by atoms with Gasteiger partial charge in [0.05, 0.1) is 16.7 Å². The lowest BCUT2D eigenvalue weighted by Crippen LogP contribution is -2.48. The molecule has 0 spiro atoms. The molecule has 4 N–H and O–H groups in total. The van der Waals surface area contributed by atoms with E-state index in [2.05, 4.69) is 46.0 Å². The minimum absolute atomic E-state index is 0.0275. The Hall–Kier alpha value is -3.95. The number of anilines is 2. The van der Waals surface area contributed by atoms with Gasteiger partial charge in [0.2, 0.25) is 0 Å². The Balaban J connectivity index is 1.01. The highest BCUT2D eigenvalue weighted by molar-refractivity contribution is 7.99. The molecule has 386 valence electrons. The van der Waals surface area contributed by atoms with Crippen LogP contribution in [0, 0.1) is 5.41 Å². The van der Waals surface area contributed by atoms with Crippen LogP contribution < -0.4 is 14.9 Å². The van der Waals surface area contributed by atoms with E-state index in [0.717, 1.165) is 74.7 Å². The van der Waals surface area contributed by atoms with Crippen LogP contribution in [-0.2, 0) is 24.4 Å². The average molecular weight is 1080 g/mol. The lowest BCUT2D eigenvalue weighted by atomic mass is 9.73. The minimum atomic E-state index is -6.12. The van der Waals surface area contributed by atoms with Crippen molar-refractivity contribution in [2.45, 2.75) is 65.8 Å². The molecular weight excluding hydrogens is 1020 g/mol. The summed E-state index contributed by atoms with van der Waals surface area (Å²) in [6.07, 6.45) is 3.21. The lowest BCUT2D eigenvalue weighted by Gasteiger charge is -2.39. The van der Waals surface area contributed by atoms with E-state index >= 15 is 0 Å². The topological polar surface area (TPSA) is 180 Å². The number of piperazine rings is 2. The highest BCUT2D eigenvalue weighted by Crippen LogP contribution is 2.43. The summed E-state index contributed by atoms with van der Waals surface area (Å²) in [5, 5.41) is 3.68. The molecule has 1 amide bonds. The number of hydrogen-bond acceptors (Lipinski definition) is 12. The molecule has 0 radical (unpaired) electrons. The van der Waals surface area contributed by atoms with Crippen LogP contribution in [0.1, 0.15) is 55.5 Å². The Morgan fingerprint density at radius 3 is 2.07 bits per heavy atom. The molecule has 2 saturated heterocycles. The number of halogens is 4. The molecule has 4 aromatic rings. The molecule has 4 aromatic carbocycles. The predicted octanol–water partition coefficient (Wildman–Crippen LogP) is 8.30. The second-order valence-corrected chi connectivity index (χ2v) is 26.0. The average Bonchev–Trinajstić information content (AvgIpc) is 3.32. The highest BCUT2D eigenvalue weighted by atomic mass is 35.5. The van der Waals surface area contributed by atoms with Gasteiger partial charge < -0.3 is 29.8 Å². The summed E-state index contributed by atoms with van der Waals surface area (Å²) in [5.74, 6) is -0.753. The zero-order valence-electron chi connectivity index (χ0n) is 39.7. The number of alkyl halides is 3. The van der Waals surface area contributed by atoms with E-state index in [1.807, 2.05) is 52.1 Å². The first-order valence-electron chi connectivity index (χ1n) is 23.5. The molecule has 0 bridgehead atoms. The van der Waals surface area contributed by atoms with Crippen LogP contribution in [0.25, 0.3) is 5.57 Å². The molecule has 3 aliphatic rings. The molecule has 0 saturated carbocycles. The number of benzene rings is 4. The number of sulfonamides is 1. The summed E-state index contributed by atoms with van der Waals surface area (Å²) in [6.45, 7) is 11.4. The second-order valence-electron chi connectivity index (χ2n) is 19.1. The quantitative estimate of drug-likeness (QED) is 0.0521. The number of hydrogen-bond donors (Lipinski definition) is 4. The van der Waals surface area contributed by atoms with Gasteiger partial charge in [-0.1, -0.05) is 61.4 Å². The summed E-state index contributed by atoms with van der Waals surface area (Å²) in [4.78, 5) is 39.3. The van der Waals surface area contributed by atoms with Gasteiger partial charge in [-0.2, -0.15) is 13.2 Å². The Kier molecular flexibility index (Phi) is 17.8. The van der Waals surface area contributed by atoms with E-state index in [9.17, 15) is 49.2 Å². The number of carbonyl (C=O) groups is 1. The smallest absolute Gasteiger partial charge is 0.380 e. The summed E-state index contributed by atoms with van der Waals surface area (Å²) >= 11 is 7.59. The van der Waals surface area contributed by atoms with Crippen LogP contribution in [0.5, 0.6) is 0 Å². The second kappa shape index (κ2) is 23.1. The number of sulfone groups is 1. The standard InChI is InChI=1S/C49H61ClF3N6O8PS3/c1-48(2)20-18-44(36-8-12-39(50)13-9-36)38(33-48)34-58-26-28-59(29-27-58)41-14-10-37(11-15-41)47(60)55-71(66,67)43-16-17-45(46(32-43)70(64,65)49(51,52)53)54-40(35-69-42-6-4-3-5-7-42)19-21-56-22-24-57(25-23-56)30-31-68(61,62)63/h3-17,32,40,54H,18-31,33-35H2,1-2H3,(H,55,60)(H2,61,62,63)/t40-/m1/s1. The van der Waals surface area contributed by atoms with Gasteiger partial charge in [-0.05, 0) is 109 Å². The van der Waals surface area contributed by atoms with Crippen molar-refractivity contribution in [2.24, 2.45) is 5.41 Å². The molecule has 2 heterocycles. The predicted molar refractivity (Wildman–Crippen MR) is 274 cm³/mol. The maximum absolute atomic E-state index is 14.3. The normalized spacial score (nSPS) is 18.3. The zero-order valence-corrected chi connectivity index (χ0v) is 43.8. The van der Waals surface area contributed by atoms with Crippen LogP contribution in [-0.4, -0.2) is 143 Å². The first-order chi connectivity index (χ1) is 33.4. The summed E-state index contributed by atoms with van der Waals surface area (Å²) in [7, 11) is -15.2. The van der Waals surface area contributed by atoms with E-state index in [1.54, 1.807) is 12.1 Å². The lowest BCUT2D eigenvalue weighted by molar-refractivity contribution is -0.0436. The van der Waals surface area contributed by atoms with Crippen LogP contribution in [0.3, 0.4) is 0 Å². The van der Waals surface area contributed by atoms with Gasteiger partial charge in [-0.15, -0.1) is 11.8 Å². The Bertz CT molecular complexity index is 2790. The molecule has 2 aliphatic heterocycles. The maximum Gasteiger partial charge on any atom is 0.501 e. The van der Waals surface area contributed by atoms with Gasteiger partial charge in [-0.25, -0.2) is 21.6 Å². The number of allylic oxidation sites excluding steroid dienone is 1. The van der Waals surface area contributed by atoms with Gasteiger partial charge >= 0.3 is 13.1 Å². The Labute approximate surface area is 424 Å². The van der Waals surface area contributed by atoms with E-state index in [0.29, 0.717) is 56.0 Å². The maximum atomic E-state index is 14.3. The summed E-state index contributed by atoms with van der Waals surface area (Å²) < 4.78 is 110. The molecule has 2 fully saturated rings. The molecule has 1 atom stereocenters. The number of nitrogens with zero attached hydrogens (tertiary/aromatic N) is 4. The number of rotatable bonds is 19. The minimum Gasteiger partial charge on any atom is -0.380 e. The molecule has 7 rings (SSSR count). The van der Waals surface area contributed by atoms with Crippen molar-refractivity contribution in [3.63, 3.8) is 0 Å². The first-order valence-corrected chi connectivity index (χ1v) is 29.6. The van der Waals surface area contributed by atoms with Crippen molar-refractivity contribution in [2.75, 3.05) is 94.1 Å². The third kappa shape index (κ3) is 15.1. The van der Waals surface area contributed by atoms with Crippen molar-refractivity contribution in [3.05, 3.63) is 119 Å². The van der Waals surface area contributed by atoms with E-state index in [1.165, 1.54) is 40.6 Å². The van der Waals surface area contributed by atoms with Gasteiger partial charge in [0.15, 0.2) is 0 Å². The van der Waals surface area contributed by atoms with E-state index in [-0.39, 0.29) is 23.7 Å². The summed E-state index contributed by atoms with van der Waals surface area (Å²) in [5.41, 5.74) is -1.22. The van der Waals surface area contributed by atoms with Crippen molar-refractivity contribution < 1.29 is 49.2 Å². The van der Waals surface area contributed by atoms with Gasteiger partial charge in [0, 0.05) is 105 Å². The molecule has 0 unspecified atom stereocenters. The number of thioether (sulfide) groups is 1. The van der Waals surface area contributed by atoms with Gasteiger partial charge in [0.25, 0.3) is 25.8 Å². The third-order valence-corrected chi connectivity index (χ3v) is 18.3. The summed E-state index contributed by atoms with van der Waals surface area (Å²) in [6, 6.07) is 25.3. The van der Waals surface area contributed by atoms with Gasteiger partial charge in [0.1, 0.15) is 4.90 Å². The van der Waals surface area contributed by atoms with Crippen LogP contribution in [0.2, 0.25) is 5.02 Å². The van der Waals surface area contributed by atoms with Crippen molar-refractivity contribution >= 4 is 73.7 Å². The fraction of sp³-hybridized carbons (Fsp3) is 0.449. The van der Waals surface area contributed by atoms with Crippen LogP contribution >= 0.6 is 31.0 Å². The largest absolute Gasteiger partial charge is 0.501 e. The fourth-order valence-corrected chi connectivity index (χ4v) is 12.9. The monoisotopic (exact) mass is 1080 g/mol.